The molecule has 1 aromatic carbocycles. The molecule has 13 heteroatoms. The number of morpholine rings is 1. The highest BCUT2D eigenvalue weighted by Crippen LogP contribution is 2.32. The van der Waals surface area contributed by atoms with E-state index in [9.17, 15) is 14.7 Å². The predicted octanol–water partition coefficient (Wildman–Crippen LogP) is 1.77. The van der Waals surface area contributed by atoms with Gasteiger partial charge in [-0.15, -0.1) is 5.10 Å². The van der Waals surface area contributed by atoms with Gasteiger partial charge in [-0.05, 0) is 25.1 Å². The van der Waals surface area contributed by atoms with Crippen LogP contribution >= 0.6 is 11.6 Å². The van der Waals surface area contributed by atoms with E-state index in [0.29, 0.717) is 11.2 Å². The van der Waals surface area contributed by atoms with Gasteiger partial charge in [-0.2, -0.15) is 0 Å². The third-order valence-electron chi connectivity index (χ3n) is 5.65. The maximum atomic E-state index is 13.3. The molecule has 12 nitrogen and oxygen atoms in total. The van der Waals surface area contributed by atoms with Gasteiger partial charge in [0.05, 0.1) is 29.2 Å². The van der Waals surface area contributed by atoms with Crippen LogP contribution in [0.2, 0.25) is 5.02 Å². The normalized spacial score (nSPS) is 18.0. The molecule has 4 heterocycles. The highest BCUT2D eigenvalue weighted by molar-refractivity contribution is 6.36. The van der Waals surface area contributed by atoms with Crippen LogP contribution in [0.15, 0.2) is 53.4 Å². The summed E-state index contributed by atoms with van der Waals surface area (Å²) in [6.07, 6.45) is 3.49. The summed E-state index contributed by atoms with van der Waals surface area (Å²) >= 11 is 6.22. The van der Waals surface area contributed by atoms with Crippen molar-refractivity contribution in [3.05, 3.63) is 53.9 Å². The first-order chi connectivity index (χ1) is 16.8. The van der Waals surface area contributed by atoms with Gasteiger partial charge in [0.1, 0.15) is 0 Å². The lowest BCUT2D eigenvalue weighted by molar-refractivity contribution is -0.165. The molecular formula is C22H20ClN7O5. The van der Waals surface area contributed by atoms with E-state index in [0.717, 1.165) is 5.69 Å². The maximum Gasteiger partial charge on any atom is 0.260 e. The Hall–Kier alpha value is -4.00. The summed E-state index contributed by atoms with van der Waals surface area (Å²) < 4.78 is 12.2. The van der Waals surface area contributed by atoms with Crippen molar-refractivity contribution in [2.24, 2.45) is 0 Å². The lowest BCUT2D eigenvalue weighted by Gasteiger charge is -2.37. The molecule has 3 aromatic heterocycles. The Kier molecular flexibility index (Phi) is 5.63. The first-order valence-corrected chi connectivity index (χ1v) is 10.9. The van der Waals surface area contributed by atoms with E-state index < -0.39 is 23.5 Å². The average molecular weight is 498 g/mol. The van der Waals surface area contributed by atoms with Crippen LogP contribution in [0.25, 0.3) is 16.7 Å². The van der Waals surface area contributed by atoms with Crippen molar-refractivity contribution in [3.8, 4) is 5.69 Å². The quantitative estimate of drug-likeness (QED) is 0.373. The fourth-order valence-corrected chi connectivity index (χ4v) is 4.12. The average Bonchev–Trinajstić information content (AvgIpc) is 3.47. The second-order valence-electron chi connectivity index (χ2n) is 8.07. The summed E-state index contributed by atoms with van der Waals surface area (Å²) in [6.45, 7) is 1.51. The largest absolute Gasteiger partial charge is 0.380 e. The number of hydrogen-bond acceptors (Lipinski definition) is 9. The van der Waals surface area contributed by atoms with Crippen molar-refractivity contribution in [1.82, 2.24) is 19.9 Å². The van der Waals surface area contributed by atoms with Crippen LogP contribution in [0, 0.1) is 0 Å². The summed E-state index contributed by atoms with van der Waals surface area (Å²) in [5.74, 6) is -1.00. The summed E-state index contributed by atoms with van der Waals surface area (Å²) in [6, 6.07) is 8.10. The Labute approximate surface area is 203 Å². The molecule has 0 aliphatic carbocycles. The summed E-state index contributed by atoms with van der Waals surface area (Å²) in [5, 5.41) is 22.3. The number of benzene rings is 1. The number of nitrogen functional groups attached to an aromatic ring is 1. The molecule has 35 heavy (non-hydrogen) atoms. The number of carbonyl (C=O) groups excluding carboxylic acids is 2. The van der Waals surface area contributed by atoms with Gasteiger partial charge in [0.15, 0.2) is 28.9 Å². The minimum atomic E-state index is -2.22. The van der Waals surface area contributed by atoms with Crippen LogP contribution in [-0.2, 0) is 14.3 Å². The number of rotatable bonds is 5. The third-order valence-corrected chi connectivity index (χ3v) is 5.95. The molecule has 2 unspecified atom stereocenters. The van der Waals surface area contributed by atoms with Crippen molar-refractivity contribution < 1.29 is 24.0 Å². The highest BCUT2D eigenvalue weighted by Gasteiger charge is 2.49. The lowest BCUT2D eigenvalue weighted by atomic mass is 9.95. The number of aliphatic hydroxyl groups is 1. The number of anilines is 3. The lowest BCUT2D eigenvalue weighted by Crippen LogP contribution is -2.61. The fourth-order valence-electron chi connectivity index (χ4n) is 3.81. The Morgan fingerprint density at radius 3 is 2.86 bits per heavy atom. The molecule has 1 saturated heterocycles. The number of pyridine rings is 1. The summed E-state index contributed by atoms with van der Waals surface area (Å²) in [7, 11) is 0. The van der Waals surface area contributed by atoms with E-state index in [4.69, 9.17) is 26.6 Å². The van der Waals surface area contributed by atoms with Crippen LogP contribution in [0.4, 0.5) is 17.3 Å². The number of ether oxygens (including phenoxy) is 1. The van der Waals surface area contributed by atoms with Crippen LogP contribution in [-0.4, -0.2) is 61.7 Å². The number of aromatic nitrogens is 4. The van der Waals surface area contributed by atoms with Gasteiger partial charge in [0.25, 0.3) is 11.8 Å². The highest BCUT2D eigenvalue weighted by atomic mass is 35.5. The monoisotopic (exact) mass is 497 g/mol. The Bertz CT molecular complexity index is 1420. The standard InChI is InChI=1S/C22H20ClN7O5/c1-22(33,21(32)26-12-10-14(23)17-15(11-12)35-28-19(17)24)18-20(31)29(8-9-34-18)16-4-7-30(27-16)13-2-5-25-6-3-13/h2-7,10-11,18,33H,8-9H2,1H3,(H2,24,28)(H,26,32). The predicted molar refractivity (Wildman–Crippen MR) is 126 cm³/mol. The number of halogens is 1. The van der Waals surface area contributed by atoms with Crippen molar-refractivity contribution in [1.29, 1.82) is 0 Å². The molecule has 1 aliphatic rings. The zero-order valence-electron chi connectivity index (χ0n) is 18.4. The van der Waals surface area contributed by atoms with Crippen LogP contribution in [0.5, 0.6) is 0 Å². The molecule has 4 aromatic rings. The first kappa shape index (κ1) is 22.8. The molecule has 0 bridgehead atoms. The first-order valence-electron chi connectivity index (χ1n) is 10.5. The van der Waals surface area contributed by atoms with Gasteiger partial charge >= 0.3 is 0 Å². The molecule has 4 N–H and O–H groups in total. The molecule has 0 radical (unpaired) electrons. The van der Waals surface area contributed by atoms with Crippen molar-refractivity contribution in [2.75, 3.05) is 29.1 Å². The number of nitrogens with two attached hydrogens (primary N) is 1. The second kappa shape index (κ2) is 8.65. The van der Waals surface area contributed by atoms with E-state index in [-0.39, 0.29) is 35.3 Å². The van der Waals surface area contributed by atoms with Gasteiger partial charge in [-0.1, -0.05) is 16.8 Å². The second-order valence-corrected chi connectivity index (χ2v) is 8.47. The fraction of sp³-hybridized carbons (Fsp3) is 0.227. The molecule has 180 valence electrons. The van der Waals surface area contributed by atoms with Crippen LogP contribution in [0.3, 0.4) is 0 Å². The molecule has 2 atom stereocenters. The third kappa shape index (κ3) is 4.07. The molecule has 5 rings (SSSR count). The number of carbonyl (C=O) groups is 2. The van der Waals surface area contributed by atoms with E-state index in [1.807, 2.05) is 0 Å². The maximum absolute atomic E-state index is 13.3. The number of fused-ring (bicyclic) bond motifs is 1. The minimum absolute atomic E-state index is 0.0943. The number of nitrogens with zero attached hydrogens (tertiary/aromatic N) is 5. The van der Waals surface area contributed by atoms with Gasteiger partial charge in [0, 0.05) is 36.4 Å². The Balaban J connectivity index is 1.35. The number of nitrogens with one attached hydrogen (secondary N) is 1. The Morgan fingerprint density at radius 1 is 1.31 bits per heavy atom. The topological polar surface area (TPSA) is 162 Å². The minimum Gasteiger partial charge on any atom is -0.380 e. The van der Waals surface area contributed by atoms with Gasteiger partial charge in [-0.3, -0.25) is 19.5 Å². The van der Waals surface area contributed by atoms with E-state index in [2.05, 4.69) is 20.6 Å². The SMILES string of the molecule is CC(O)(C(=O)Nc1cc(Cl)c2c(N)noc2c1)C1OCCN(c2ccn(-c3ccncc3)n2)C1=O. The van der Waals surface area contributed by atoms with Gasteiger partial charge < -0.3 is 25.4 Å². The molecular weight excluding hydrogens is 478 g/mol. The summed E-state index contributed by atoms with van der Waals surface area (Å²) in [4.78, 5) is 31.6. The smallest absolute Gasteiger partial charge is 0.260 e. The van der Waals surface area contributed by atoms with Crippen LogP contribution < -0.4 is 16.0 Å². The van der Waals surface area contributed by atoms with Crippen molar-refractivity contribution in [3.63, 3.8) is 0 Å². The van der Waals surface area contributed by atoms with Gasteiger partial charge in [-0.25, -0.2) is 4.68 Å². The Morgan fingerprint density at radius 2 is 2.09 bits per heavy atom. The zero-order chi connectivity index (χ0) is 24.7. The number of hydrogen-bond donors (Lipinski definition) is 3. The van der Waals surface area contributed by atoms with Crippen molar-refractivity contribution in [2.45, 2.75) is 18.6 Å². The molecule has 2 amide bonds. The molecule has 0 spiro atoms. The molecule has 0 saturated carbocycles. The summed E-state index contributed by atoms with van der Waals surface area (Å²) in [5.41, 5.74) is 4.75. The van der Waals surface area contributed by atoms with E-state index in [1.165, 1.54) is 24.0 Å². The zero-order valence-corrected chi connectivity index (χ0v) is 19.1. The van der Waals surface area contributed by atoms with E-state index in [1.54, 1.807) is 41.5 Å². The van der Waals surface area contributed by atoms with Crippen LogP contribution in [0.1, 0.15) is 6.92 Å². The molecule has 1 fully saturated rings. The molecule has 1 aliphatic heterocycles. The van der Waals surface area contributed by atoms with E-state index >= 15 is 0 Å². The van der Waals surface area contributed by atoms with Crippen molar-refractivity contribution >= 4 is 51.7 Å². The number of amides is 2. The van der Waals surface area contributed by atoms with Gasteiger partial charge in [0.2, 0.25) is 0 Å².